The zero-order valence-corrected chi connectivity index (χ0v) is 8.20. The summed E-state index contributed by atoms with van der Waals surface area (Å²) in [6.07, 6.45) is -0.174. The zero-order chi connectivity index (χ0) is 10.5. The van der Waals surface area contributed by atoms with Gasteiger partial charge < -0.3 is 0 Å². The first-order valence-corrected chi connectivity index (χ1v) is 4.45. The van der Waals surface area contributed by atoms with Crippen LogP contribution >= 0.6 is 0 Å². The molecule has 0 spiro atoms. The monoisotopic (exact) mass is 192 g/mol. The van der Waals surface area contributed by atoms with Crippen molar-refractivity contribution >= 4 is 0 Å². The first-order chi connectivity index (χ1) is 6.02. The van der Waals surface area contributed by atoms with E-state index in [0.717, 1.165) is 6.42 Å². The van der Waals surface area contributed by atoms with E-state index in [4.69, 9.17) is 0 Å². The van der Waals surface area contributed by atoms with E-state index in [1.165, 1.54) is 13.0 Å². The van der Waals surface area contributed by atoms with E-state index in [9.17, 15) is 13.2 Å². The van der Waals surface area contributed by atoms with Crippen molar-refractivity contribution in [1.29, 1.82) is 0 Å². The molecule has 0 radical (unpaired) electrons. The minimum absolute atomic E-state index is 0.444. The van der Waals surface area contributed by atoms with Gasteiger partial charge in [0.25, 0.3) is 0 Å². The van der Waals surface area contributed by atoms with Gasteiger partial charge in [0.1, 0.15) is 0 Å². The van der Waals surface area contributed by atoms with Gasteiger partial charge in [-0.15, -0.1) is 0 Å². The van der Waals surface area contributed by atoms with Crippen molar-refractivity contribution < 1.29 is 13.2 Å². The second-order valence-corrected chi connectivity index (χ2v) is 2.63. The smallest absolute Gasteiger partial charge is 0.166 e. The predicted molar refractivity (Wildman–Crippen MR) is 48.5 cm³/mol. The number of allylic oxidation sites excluding steroid dienone is 4. The maximum atomic E-state index is 12.1. The van der Waals surface area contributed by atoms with Gasteiger partial charge >= 0.3 is 6.18 Å². The van der Waals surface area contributed by atoms with Crippen LogP contribution in [0.25, 0.3) is 0 Å². The highest BCUT2D eigenvalue weighted by Crippen LogP contribution is 2.32. The molecular formula is C10H15F3. The van der Waals surface area contributed by atoms with Gasteiger partial charge in [-0.1, -0.05) is 31.6 Å². The lowest BCUT2D eigenvalue weighted by molar-refractivity contribution is -0.0893. The normalized spacial score (nSPS) is 16.8. The lowest BCUT2D eigenvalue weighted by Gasteiger charge is -2.14. The van der Waals surface area contributed by atoms with Crippen LogP contribution in [0.15, 0.2) is 23.3 Å². The molecule has 0 aliphatic heterocycles. The van der Waals surface area contributed by atoms with Gasteiger partial charge in [-0.25, -0.2) is 0 Å². The quantitative estimate of drug-likeness (QED) is 0.538. The molecule has 0 amide bonds. The molecule has 0 nitrogen and oxygen atoms in total. The van der Waals surface area contributed by atoms with Gasteiger partial charge in [0, 0.05) is 0 Å². The Morgan fingerprint density at radius 3 is 2.08 bits per heavy atom. The van der Waals surface area contributed by atoms with Crippen molar-refractivity contribution in [2.75, 3.05) is 0 Å². The Labute approximate surface area is 77.1 Å². The van der Waals surface area contributed by atoms with Crippen LogP contribution < -0.4 is 0 Å². The number of halogens is 3. The van der Waals surface area contributed by atoms with E-state index in [1.54, 1.807) is 6.08 Å². The van der Waals surface area contributed by atoms with Crippen molar-refractivity contribution in [3.8, 4) is 0 Å². The molecule has 0 aromatic heterocycles. The van der Waals surface area contributed by atoms with Gasteiger partial charge in [-0.05, 0) is 19.8 Å². The van der Waals surface area contributed by atoms with Gasteiger partial charge in [0.05, 0.1) is 5.57 Å². The summed E-state index contributed by atoms with van der Waals surface area (Å²) in [6, 6.07) is 0. The van der Waals surface area contributed by atoms with E-state index >= 15 is 0 Å². The second kappa shape index (κ2) is 5.10. The Kier molecular flexibility index (Phi) is 4.81. The first kappa shape index (κ1) is 12.3. The summed E-state index contributed by atoms with van der Waals surface area (Å²) >= 11 is 0. The molecule has 0 bridgehead atoms. The molecule has 0 unspecified atom stereocenters. The van der Waals surface area contributed by atoms with Gasteiger partial charge in [-0.2, -0.15) is 13.2 Å². The summed E-state index contributed by atoms with van der Waals surface area (Å²) < 4.78 is 36.2. The maximum Gasteiger partial charge on any atom is 0.416 e. The van der Waals surface area contributed by atoms with Crippen LogP contribution in [-0.2, 0) is 0 Å². The minimum atomic E-state index is -4.17. The fourth-order valence-corrected chi connectivity index (χ4v) is 1.11. The van der Waals surface area contributed by atoms with Crippen molar-refractivity contribution in [1.82, 2.24) is 0 Å². The molecule has 0 fully saturated rings. The molecule has 1 aliphatic carbocycles. The highest BCUT2D eigenvalue weighted by atomic mass is 19.4. The summed E-state index contributed by atoms with van der Waals surface area (Å²) in [5.41, 5.74) is -0.0243. The summed E-state index contributed by atoms with van der Waals surface area (Å²) in [6.45, 7) is 5.53. The lowest BCUT2D eigenvalue weighted by atomic mass is 9.99. The highest BCUT2D eigenvalue weighted by Gasteiger charge is 2.33. The van der Waals surface area contributed by atoms with Crippen LogP contribution in [0.5, 0.6) is 0 Å². The SMILES string of the molecule is CC.CC1=C(C(F)(F)F)C=CCC1. The van der Waals surface area contributed by atoms with Gasteiger partial charge in [0.15, 0.2) is 0 Å². The van der Waals surface area contributed by atoms with Gasteiger partial charge in [0.2, 0.25) is 0 Å². The summed E-state index contributed by atoms with van der Waals surface area (Å²) in [5.74, 6) is 0. The fourth-order valence-electron chi connectivity index (χ4n) is 1.11. The Morgan fingerprint density at radius 2 is 1.77 bits per heavy atom. The average molecular weight is 192 g/mol. The summed E-state index contributed by atoms with van der Waals surface area (Å²) in [4.78, 5) is 0. The molecule has 0 aromatic rings. The Balaban J connectivity index is 0.000000671. The number of hydrogen-bond donors (Lipinski definition) is 0. The van der Waals surface area contributed by atoms with Crippen LogP contribution in [-0.4, -0.2) is 6.18 Å². The van der Waals surface area contributed by atoms with E-state index in [1.807, 2.05) is 13.8 Å². The molecular weight excluding hydrogens is 177 g/mol. The Bertz CT molecular complexity index is 209. The third-order valence-corrected chi connectivity index (χ3v) is 1.74. The van der Waals surface area contributed by atoms with E-state index in [2.05, 4.69) is 0 Å². The van der Waals surface area contributed by atoms with Crippen molar-refractivity contribution in [2.45, 2.75) is 39.8 Å². The van der Waals surface area contributed by atoms with Crippen molar-refractivity contribution in [3.63, 3.8) is 0 Å². The van der Waals surface area contributed by atoms with E-state index in [-0.39, 0.29) is 0 Å². The molecule has 0 heterocycles. The molecule has 76 valence electrons. The largest absolute Gasteiger partial charge is 0.416 e. The lowest BCUT2D eigenvalue weighted by Crippen LogP contribution is -2.13. The molecule has 1 aliphatic rings. The van der Waals surface area contributed by atoms with Crippen LogP contribution in [0.4, 0.5) is 13.2 Å². The predicted octanol–water partition coefficient (Wildman–Crippen LogP) is 4.24. The third kappa shape index (κ3) is 3.66. The molecule has 0 atom stereocenters. The topological polar surface area (TPSA) is 0 Å². The third-order valence-electron chi connectivity index (χ3n) is 1.74. The van der Waals surface area contributed by atoms with E-state index < -0.39 is 11.7 Å². The molecule has 0 aromatic carbocycles. The van der Waals surface area contributed by atoms with Crippen LogP contribution in [0.1, 0.15) is 33.6 Å². The second-order valence-electron chi connectivity index (χ2n) is 2.63. The maximum absolute atomic E-state index is 12.1. The Morgan fingerprint density at radius 1 is 1.23 bits per heavy atom. The van der Waals surface area contributed by atoms with Crippen molar-refractivity contribution in [3.05, 3.63) is 23.3 Å². The van der Waals surface area contributed by atoms with Crippen molar-refractivity contribution in [2.24, 2.45) is 0 Å². The standard InChI is InChI=1S/C8H9F3.C2H6/c1-6-4-2-3-5-7(6)8(9,10)11;1-2/h3,5H,2,4H2,1H3;1-2H3. The molecule has 0 saturated carbocycles. The molecule has 0 N–H and O–H groups in total. The molecule has 3 heteroatoms. The average Bonchev–Trinajstić information content (AvgIpc) is 2.07. The fraction of sp³-hybridized carbons (Fsp3) is 0.600. The molecule has 13 heavy (non-hydrogen) atoms. The minimum Gasteiger partial charge on any atom is -0.166 e. The highest BCUT2D eigenvalue weighted by molar-refractivity contribution is 5.32. The van der Waals surface area contributed by atoms with Crippen LogP contribution in [0.3, 0.4) is 0 Å². The summed E-state index contributed by atoms with van der Waals surface area (Å²) in [5, 5.41) is 0. The number of hydrogen-bond acceptors (Lipinski definition) is 0. The number of alkyl halides is 3. The van der Waals surface area contributed by atoms with Crippen LogP contribution in [0.2, 0.25) is 0 Å². The molecule has 1 rings (SSSR count). The molecule has 0 saturated heterocycles. The van der Waals surface area contributed by atoms with Crippen LogP contribution in [0, 0.1) is 0 Å². The number of rotatable bonds is 0. The first-order valence-electron chi connectivity index (χ1n) is 4.45. The summed E-state index contributed by atoms with van der Waals surface area (Å²) in [7, 11) is 0. The zero-order valence-electron chi connectivity index (χ0n) is 8.20. The van der Waals surface area contributed by atoms with E-state index in [0.29, 0.717) is 12.0 Å². The Hall–Kier alpha value is -0.730. The van der Waals surface area contributed by atoms with Gasteiger partial charge in [-0.3, -0.25) is 0 Å².